The number of para-hydroxylation sites is 2. The Labute approximate surface area is 196 Å². The molecule has 4 rings (SSSR count). The number of carbonyl (C=O) groups excluding carboxylic acids is 3. The molecule has 32 heavy (non-hydrogen) atoms. The lowest BCUT2D eigenvalue weighted by Crippen LogP contribution is -2.62. The molecule has 3 amide bonds. The second-order valence-electron chi connectivity index (χ2n) is 8.29. The van der Waals surface area contributed by atoms with Gasteiger partial charge in [0, 0.05) is 5.69 Å². The highest BCUT2D eigenvalue weighted by Crippen LogP contribution is 2.45. The van der Waals surface area contributed by atoms with Gasteiger partial charge in [-0.3, -0.25) is 24.2 Å². The fraction of sp³-hybridized carbons (Fsp3) is 0.348. The fourth-order valence-corrected chi connectivity index (χ4v) is 4.80. The quantitative estimate of drug-likeness (QED) is 0.681. The summed E-state index contributed by atoms with van der Waals surface area (Å²) in [6.45, 7) is -0.00116. The topological polar surface area (TPSA) is 81.8 Å². The normalized spacial score (nSPS) is 16.8. The second-order valence-corrected chi connectivity index (χ2v) is 9.10. The summed E-state index contributed by atoms with van der Waals surface area (Å²) in [6.07, 6.45) is 3.03. The lowest BCUT2D eigenvalue weighted by molar-refractivity contribution is -0.128. The zero-order chi connectivity index (χ0) is 22.9. The van der Waals surface area contributed by atoms with Crippen LogP contribution >= 0.6 is 23.2 Å². The molecule has 1 saturated carbocycles. The van der Waals surface area contributed by atoms with Crippen LogP contribution in [0.3, 0.4) is 0 Å². The molecule has 1 heterocycles. The van der Waals surface area contributed by atoms with Crippen molar-refractivity contribution in [3.63, 3.8) is 0 Å². The van der Waals surface area contributed by atoms with Gasteiger partial charge in [0.2, 0.25) is 11.8 Å². The zero-order valence-corrected chi connectivity index (χ0v) is 19.2. The van der Waals surface area contributed by atoms with Gasteiger partial charge in [0.25, 0.3) is 5.91 Å². The van der Waals surface area contributed by atoms with Crippen molar-refractivity contribution in [1.82, 2.24) is 4.90 Å². The summed E-state index contributed by atoms with van der Waals surface area (Å²) in [5.74, 6) is -0.632. The molecule has 2 aromatic carbocycles. The van der Waals surface area contributed by atoms with Crippen LogP contribution in [0.15, 0.2) is 42.5 Å². The van der Waals surface area contributed by atoms with E-state index in [1.165, 1.54) is 0 Å². The Morgan fingerprint density at radius 3 is 2.53 bits per heavy atom. The van der Waals surface area contributed by atoms with Gasteiger partial charge in [-0.25, -0.2) is 0 Å². The van der Waals surface area contributed by atoms with Gasteiger partial charge in [-0.15, -0.1) is 0 Å². The first kappa shape index (κ1) is 22.6. The number of nitrogens with zero attached hydrogens (tertiary/aromatic N) is 2. The van der Waals surface area contributed by atoms with E-state index in [0.29, 0.717) is 39.9 Å². The van der Waals surface area contributed by atoms with Crippen LogP contribution < -0.4 is 15.5 Å². The third-order valence-corrected chi connectivity index (χ3v) is 6.69. The van der Waals surface area contributed by atoms with E-state index in [4.69, 9.17) is 23.2 Å². The van der Waals surface area contributed by atoms with E-state index in [1.54, 1.807) is 41.1 Å². The highest BCUT2D eigenvalue weighted by Gasteiger charge is 2.52. The molecule has 9 heteroatoms. The van der Waals surface area contributed by atoms with Crippen LogP contribution in [0.25, 0.3) is 0 Å². The van der Waals surface area contributed by atoms with E-state index in [1.807, 2.05) is 18.2 Å². The molecule has 0 radical (unpaired) electrons. The molecule has 2 N–H and O–H groups in total. The highest BCUT2D eigenvalue weighted by atomic mass is 35.5. The van der Waals surface area contributed by atoms with Gasteiger partial charge < -0.3 is 10.6 Å². The minimum Gasteiger partial charge on any atom is -0.325 e. The van der Waals surface area contributed by atoms with Crippen LogP contribution in [-0.2, 0) is 14.4 Å². The van der Waals surface area contributed by atoms with Crippen molar-refractivity contribution in [2.75, 3.05) is 35.7 Å². The zero-order valence-electron chi connectivity index (χ0n) is 17.7. The molecule has 0 saturated heterocycles. The van der Waals surface area contributed by atoms with E-state index < -0.39 is 5.54 Å². The van der Waals surface area contributed by atoms with Crippen molar-refractivity contribution >= 4 is 58.0 Å². The Balaban J connectivity index is 1.47. The average Bonchev–Trinajstić information content (AvgIpc) is 3.21. The van der Waals surface area contributed by atoms with Crippen molar-refractivity contribution in [2.45, 2.75) is 31.2 Å². The monoisotopic (exact) mass is 474 g/mol. The maximum absolute atomic E-state index is 13.4. The Hall–Kier alpha value is -2.61. The molecule has 0 aromatic heterocycles. The van der Waals surface area contributed by atoms with Gasteiger partial charge in [0.05, 0.1) is 34.5 Å². The number of hydrogen-bond acceptors (Lipinski definition) is 4. The summed E-state index contributed by atoms with van der Waals surface area (Å²) in [4.78, 5) is 42.2. The van der Waals surface area contributed by atoms with Gasteiger partial charge in [0.1, 0.15) is 5.54 Å². The molecule has 168 valence electrons. The van der Waals surface area contributed by atoms with Crippen LogP contribution in [-0.4, -0.2) is 48.3 Å². The van der Waals surface area contributed by atoms with Crippen LogP contribution in [0.4, 0.5) is 17.1 Å². The maximum Gasteiger partial charge on any atom is 0.250 e. The van der Waals surface area contributed by atoms with Crippen molar-refractivity contribution in [1.29, 1.82) is 0 Å². The van der Waals surface area contributed by atoms with Crippen LogP contribution in [0.5, 0.6) is 0 Å². The van der Waals surface area contributed by atoms with Crippen molar-refractivity contribution in [3.8, 4) is 0 Å². The number of likely N-dealkylation sites (N-methyl/N-ethyl adjacent to an activating group) is 1. The van der Waals surface area contributed by atoms with Gasteiger partial charge in [-0.05, 0) is 50.2 Å². The number of amides is 3. The Bertz CT molecular complexity index is 1070. The molecule has 1 aliphatic heterocycles. The number of halogens is 2. The molecule has 2 aliphatic rings. The van der Waals surface area contributed by atoms with E-state index in [9.17, 15) is 14.4 Å². The molecule has 2 aromatic rings. The number of nitrogens with one attached hydrogen (secondary N) is 2. The number of carbonyl (C=O) groups is 3. The van der Waals surface area contributed by atoms with Gasteiger partial charge in [0.15, 0.2) is 0 Å². The van der Waals surface area contributed by atoms with E-state index >= 15 is 0 Å². The summed E-state index contributed by atoms with van der Waals surface area (Å²) in [5, 5.41) is 6.47. The number of rotatable bonds is 5. The second kappa shape index (κ2) is 9.10. The molecule has 1 aliphatic carbocycles. The van der Waals surface area contributed by atoms with Crippen molar-refractivity contribution < 1.29 is 14.4 Å². The highest BCUT2D eigenvalue weighted by molar-refractivity contribution is 6.42. The number of anilines is 3. The molecule has 1 spiro atoms. The minimum absolute atomic E-state index is 0.000663. The molecular formula is C23H24Cl2N4O3. The first-order valence-corrected chi connectivity index (χ1v) is 11.2. The van der Waals surface area contributed by atoms with E-state index in [0.717, 1.165) is 12.8 Å². The molecular weight excluding hydrogens is 451 g/mol. The Kier molecular flexibility index (Phi) is 6.42. The predicted octanol–water partition coefficient (Wildman–Crippen LogP) is 4.16. The Morgan fingerprint density at radius 1 is 1.09 bits per heavy atom. The first-order chi connectivity index (χ1) is 15.3. The summed E-state index contributed by atoms with van der Waals surface area (Å²) in [7, 11) is 1.70. The molecule has 0 atom stereocenters. The van der Waals surface area contributed by atoms with Crippen molar-refractivity contribution in [2.24, 2.45) is 0 Å². The Morgan fingerprint density at radius 2 is 1.81 bits per heavy atom. The number of hydrogen-bond donors (Lipinski definition) is 2. The van der Waals surface area contributed by atoms with Crippen LogP contribution in [0.1, 0.15) is 25.7 Å². The van der Waals surface area contributed by atoms with E-state index in [2.05, 4.69) is 10.6 Å². The maximum atomic E-state index is 13.4. The lowest BCUT2D eigenvalue weighted by atomic mass is 9.89. The molecule has 0 bridgehead atoms. The largest absolute Gasteiger partial charge is 0.325 e. The molecule has 0 unspecified atom stereocenters. The summed E-state index contributed by atoms with van der Waals surface area (Å²) < 4.78 is 0. The van der Waals surface area contributed by atoms with Crippen LogP contribution in [0.2, 0.25) is 10.0 Å². The number of benzene rings is 2. The predicted molar refractivity (Wildman–Crippen MR) is 126 cm³/mol. The standard InChI is InChI=1S/C23H24Cl2N4O3/c1-28(13-20(30)26-15-8-9-16(24)17(25)12-15)14-21(31)29-19-7-3-2-6-18(19)27-22(32)23(29)10-4-5-11-23/h2-3,6-9,12H,4-5,10-11,13-14H2,1H3,(H,26,30)(H,27,32). The summed E-state index contributed by atoms with van der Waals surface area (Å²) in [6, 6.07) is 12.2. The molecule has 1 fully saturated rings. The lowest BCUT2D eigenvalue weighted by Gasteiger charge is -2.44. The molecule has 7 nitrogen and oxygen atoms in total. The summed E-state index contributed by atoms with van der Waals surface area (Å²) in [5.41, 5.74) is 0.987. The minimum atomic E-state index is -0.866. The smallest absolute Gasteiger partial charge is 0.250 e. The third kappa shape index (κ3) is 4.33. The van der Waals surface area contributed by atoms with E-state index in [-0.39, 0.29) is 30.8 Å². The third-order valence-electron chi connectivity index (χ3n) is 5.95. The first-order valence-electron chi connectivity index (χ1n) is 10.5. The van der Waals surface area contributed by atoms with Gasteiger partial charge in [-0.2, -0.15) is 0 Å². The van der Waals surface area contributed by atoms with Crippen LogP contribution in [0, 0.1) is 0 Å². The van der Waals surface area contributed by atoms with Gasteiger partial charge in [-0.1, -0.05) is 48.2 Å². The van der Waals surface area contributed by atoms with Gasteiger partial charge >= 0.3 is 0 Å². The average molecular weight is 475 g/mol. The summed E-state index contributed by atoms with van der Waals surface area (Å²) >= 11 is 11.9. The fourth-order valence-electron chi connectivity index (χ4n) is 4.51. The SMILES string of the molecule is CN(CC(=O)Nc1ccc(Cl)c(Cl)c1)CC(=O)N1c2ccccc2NC(=O)C12CCCC2. The number of fused-ring (bicyclic) bond motifs is 1. The van der Waals surface area contributed by atoms with Crippen molar-refractivity contribution in [3.05, 3.63) is 52.5 Å².